The molecule has 2 unspecified atom stereocenters. The predicted molar refractivity (Wildman–Crippen MR) is 264 cm³/mol. The van der Waals surface area contributed by atoms with Gasteiger partial charge in [0.15, 0.2) is 0 Å². The Morgan fingerprint density at radius 3 is 1.11 bits per heavy atom. The molecule has 6 heteroatoms. The first kappa shape index (κ1) is 59.6. The van der Waals surface area contributed by atoms with Gasteiger partial charge in [0.2, 0.25) is 5.91 Å². The summed E-state index contributed by atoms with van der Waals surface area (Å²) < 4.78 is 5.48. The summed E-state index contributed by atoms with van der Waals surface area (Å²) in [5.41, 5.74) is 0. The van der Waals surface area contributed by atoms with Crippen LogP contribution in [0.4, 0.5) is 0 Å². The number of hydrogen-bond donors (Lipinski definition) is 3. The minimum Gasteiger partial charge on any atom is -0.466 e. The molecule has 0 heterocycles. The van der Waals surface area contributed by atoms with Crippen molar-refractivity contribution in [1.82, 2.24) is 5.32 Å². The van der Waals surface area contributed by atoms with Crippen molar-refractivity contribution < 1.29 is 24.5 Å². The summed E-state index contributed by atoms with van der Waals surface area (Å²) in [5, 5.41) is 23.0. The van der Waals surface area contributed by atoms with E-state index in [1.54, 1.807) is 6.08 Å². The Morgan fingerprint density at radius 2 is 0.754 bits per heavy atom. The van der Waals surface area contributed by atoms with Crippen molar-refractivity contribution in [2.75, 3.05) is 13.2 Å². The molecule has 2 atom stereocenters. The molecule has 0 rings (SSSR count). The Labute approximate surface area is 380 Å². The highest BCUT2D eigenvalue weighted by atomic mass is 16.5. The number of ether oxygens (including phenoxy) is 1. The van der Waals surface area contributed by atoms with E-state index >= 15 is 0 Å². The van der Waals surface area contributed by atoms with Gasteiger partial charge in [-0.15, -0.1) is 0 Å². The zero-order valence-electron chi connectivity index (χ0n) is 41.2. The second-order valence-electron chi connectivity index (χ2n) is 18.9. The molecule has 1 amide bonds. The molecule has 0 aliphatic carbocycles. The number of esters is 1. The molecular formula is C55H107NO5. The first-order chi connectivity index (χ1) is 30.0. The summed E-state index contributed by atoms with van der Waals surface area (Å²) in [7, 11) is 0. The number of nitrogens with one attached hydrogen (secondary N) is 1. The summed E-state index contributed by atoms with van der Waals surface area (Å²) in [6.45, 7) is 4.89. The summed E-state index contributed by atoms with van der Waals surface area (Å²) in [6.07, 6.45) is 59.4. The van der Waals surface area contributed by atoms with Crippen LogP contribution in [0.25, 0.3) is 0 Å². The number of hydrogen-bond acceptors (Lipinski definition) is 5. The zero-order chi connectivity index (χ0) is 44.4. The maximum absolute atomic E-state index is 12.4. The molecule has 0 fully saturated rings. The lowest BCUT2D eigenvalue weighted by molar-refractivity contribution is -0.143. The van der Waals surface area contributed by atoms with Crippen molar-refractivity contribution in [2.24, 2.45) is 0 Å². The molecule has 0 saturated heterocycles. The molecule has 0 radical (unpaired) electrons. The predicted octanol–water partition coefficient (Wildman–Crippen LogP) is 16.5. The number of aliphatic hydroxyl groups excluding tert-OH is 2. The molecular weight excluding hydrogens is 755 g/mol. The van der Waals surface area contributed by atoms with Crippen molar-refractivity contribution in [3.8, 4) is 0 Å². The molecule has 362 valence electrons. The number of carbonyl (C=O) groups is 2. The molecule has 0 aliphatic rings. The fraction of sp³-hybridized carbons (Fsp3) is 0.927. The van der Waals surface area contributed by atoms with E-state index in [0.717, 1.165) is 44.9 Å². The fourth-order valence-electron chi connectivity index (χ4n) is 8.58. The quantitative estimate of drug-likeness (QED) is 0.0322. The van der Waals surface area contributed by atoms with Gasteiger partial charge in [-0.1, -0.05) is 270 Å². The Bertz CT molecular complexity index is 909. The molecule has 3 N–H and O–H groups in total. The molecule has 0 bridgehead atoms. The van der Waals surface area contributed by atoms with Crippen LogP contribution in [0.2, 0.25) is 0 Å². The Morgan fingerprint density at radius 1 is 0.443 bits per heavy atom. The maximum atomic E-state index is 12.4. The van der Waals surface area contributed by atoms with Crippen LogP contribution in [0.15, 0.2) is 12.2 Å². The highest BCUT2D eigenvalue weighted by Gasteiger charge is 2.18. The summed E-state index contributed by atoms with van der Waals surface area (Å²) in [6, 6.07) is -0.632. The minimum absolute atomic E-state index is 0.00396. The number of carbonyl (C=O) groups excluding carboxylic acids is 2. The first-order valence-electron chi connectivity index (χ1n) is 27.5. The Balaban J connectivity index is 3.40. The third-order valence-corrected chi connectivity index (χ3v) is 12.8. The SMILES string of the molecule is CCCCCCCCCCC/C=C/C(O)C(CO)NC(=O)CCCCCCCCCCCCCCCCCOC(=O)CCCCCCCCCCCCCCCCCCCC. The lowest BCUT2D eigenvalue weighted by atomic mass is 10.0. The van der Waals surface area contributed by atoms with Gasteiger partial charge in [0.25, 0.3) is 0 Å². The molecule has 0 aromatic rings. The number of rotatable bonds is 51. The van der Waals surface area contributed by atoms with Crippen LogP contribution in [0.1, 0.15) is 303 Å². The van der Waals surface area contributed by atoms with Crippen molar-refractivity contribution in [3.63, 3.8) is 0 Å². The van der Waals surface area contributed by atoms with Crippen LogP contribution in [0, 0.1) is 0 Å². The van der Waals surface area contributed by atoms with Gasteiger partial charge in [0, 0.05) is 12.8 Å². The second kappa shape index (κ2) is 51.2. The highest BCUT2D eigenvalue weighted by Crippen LogP contribution is 2.17. The summed E-state index contributed by atoms with van der Waals surface area (Å²) in [5.74, 6) is -0.0727. The van der Waals surface area contributed by atoms with E-state index in [4.69, 9.17) is 4.74 Å². The summed E-state index contributed by atoms with van der Waals surface area (Å²) >= 11 is 0. The number of aliphatic hydroxyl groups is 2. The van der Waals surface area contributed by atoms with E-state index in [2.05, 4.69) is 19.2 Å². The lowest BCUT2D eigenvalue weighted by Crippen LogP contribution is -2.45. The smallest absolute Gasteiger partial charge is 0.305 e. The third-order valence-electron chi connectivity index (χ3n) is 12.8. The van der Waals surface area contributed by atoms with Crippen LogP contribution in [-0.4, -0.2) is 47.4 Å². The van der Waals surface area contributed by atoms with Crippen molar-refractivity contribution in [2.45, 2.75) is 315 Å². The minimum atomic E-state index is -0.847. The molecule has 0 spiro atoms. The van der Waals surface area contributed by atoms with Crippen LogP contribution in [0.3, 0.4) is 0 Å². The Kier molecular flexibility index (Phi) is 50.1. The van der Waals surface area contributed by atoms with Gasteiger partial charge in [-0.2, -0.15) is 0 Å². The molecule has 61 heavy (non-hydrogen) atoms. The molecule has 0 aliphatic heterocycles. The van der Waals surface area contributed by atoms with E-state index in [9.17, 15) is 19.8 Å². The highest BCUT2D eigenvalue weighted by molar-refractivity contribution is 5.76. The van der Waals surface area contributed by atoms with Crippen molar-refractivity contribution in [1.29, 1.82) is 0 Å². The molecule has 0 aromatic heterocycles. The van der Waals surface area contributed by atoms with E-state index < -0.39 is 12.1 Å². The molecule has 0 saturated carbocycles. The van der Waals surface area contributed by atoms with Gasteiger partial charge < -0.3 is 20.3 Å². The number of allylic oxidation sites excluding steroid dienone is 1. The van der Waals surface area contributed by atoms with Crippen LogP contribution >= 0.6 is 0 Å². The maximum Gasteiger partial charge on any atom is 0.305 e. The lowest BCUT2D eigenvalue weighted by Gasteiger charge is -2.20. The van der Waals surface area contributed by atoms with E-state index in [0.29, 0.717) is 19.4 Å². The monoisotopic (exact) mass is 862 g/mol. The largest absolute Gasteiger partial charge is 0.466 e. The fourth-order valence-corrected chi connectivity index (χ4v) is 8.58. The van der Waals surface area contributed by atoms with Crippen molar-refractivity contribution in [3.05, 3.63) is 12.2 Å². The van der Waals surface area contributed by atoms with Crippen molar-refractivity contribution >= 4 is 11.9 Å². The van der Waals surface area contributed by atoms with Crippen LogP contribution < -0.4 is 5.32 Å². The van der Waals surface area contributed by atoms with E-state index in [-0.39, 0.29) is 18.5 Å². The van der Waals surface area contributed by atoms with Gasteiger partial charge in [0.1, 0.15) is 0 Å². The van der Waals surface area contributed by atoms with Gasteiger partial charge in [-0.05, 0) is 32.1 Å². The average molecular weight is 862 g/mol. The second-order valence-corrected chi connectivity index (χ2v) is 18.9. The number of unbranched alkanes of at least 4 members (excludes halogenated alkanes) is 40. The van der Waals surface area contributed by atoms with Gasteiger partial charge >= 0.3 is 5.97 Å². The van der Waals surface area contributed by atoms with Crippen LogP contribution in [0.5, 0.6) is 0 Å². The topological polar surface area (TPSA) is 95.9 Å². The van der Waals surface area contributed by atoms with Gasteiger partial charge in [0.05, 0.1) is 25.4 Å². The summed E-state index contributed by atoms with van der Waals surface area (Å²) in [4.78, 5) is 24.5. The number of amides is 1. The van der Waals surface area contributed by atoms with E-state index in [1.165, 1.54) is 231 Å². The van der Waals surface area contributed by atoms with Crippen LogP contribution in [-0.2, 0) is 14.3 Å². The molecule has 6 nitrogen and oxygen atoms in total. The van der Waals surface area contributed by atoms with Gasteiger partial charge in [-0.3, -0.25) is 9.59 Å². The Hall–Kier alpha value is -1.40. The van der Waals surface area contributed by atoms with E-state index in [1.807, 2.05) is 6.08 Å². The first-order valence-corrected chi connectivity index (χ1v) is 27.5. The third kappa shape index (κ3) is 47.9. The zero-order valence-corrected chi connectivity index (χ0v) is 41.2. The molecule has 0 aromatic carbocycles. The van der Waals surface area contributed by atoms with Gasteiger partial charge in [-0.25, -0.2) is 0 Å². The average Bonchev–Trinajstić information content (AvgIpc) is 3.26. The normalized spacial score (nSPS) is 12.7. The standard InChI is InChI=1S/C55H107NO5/c1-3-5-7-9-11-13-15-16-17-18-19-22-25-29-33-37-41-45-49-55(60)61-50-46-42-38-34-30-26-23-20-21-24-28-32-36-40-44-48-54(59)56-52(51-57)53(58)47-43-39-35-31-27-14-12-10-8-6-4-2/h43,47,52-53,57-58H,3-42,44-46,48-51H2,1-2H3,(H,56,59)/b47-43+.